The van der Waals surface area contributed by atoms with E-state index in [1.807, 2.05) is 43.3 Å². The number of halogens is 2. The molecule has 2 rings (SSSR count). The largest absolute Gasteiger partial charge is 0.307 e. The number of aryl methyl sites for hydroxylation is 1. The van der Waals surface area contributed by atoms with E-state index in [1.54, 1.807) is 17.0 Å². The van der Waals surface area contributed by atoms with E-state index in [0.29, 0.717) is 11.6 Å². The van der Waals surface area contributed by atoms with Crippen molar-refractivity contribution in [3.63, 3.8) is 0 Å². The molecule has 0 radical (unpaired) electrons. The van der Waals surface area contributed by atoms with Crippen molar-refractivity contribution in [1.29, 1.82) is 0 Å². The first-order valence-electron chi connectivity index (χ1n) is 6.28. The molecule has 0 aromatic heterocycles. The fourth-order valence-electron chi connectivity index (χ4n) is 2.00. The van der Waals surface area contributed by atoms with Crippen LogP contribution < -0.4 is 4.90 Å². The van der Waals surface area contributed by atoms with Crippen LogP contribution in [-0.2, 0) is 11.3 Å². The minimum Gasteiger partial charge on any atom is -0.307 e. The molecule has 104 valence electrons. The van der Waals surface area contributed by atoms with Crippen LogP contribution in [0.4, 0.5) is 5.69 Å². The van der Waals surface area contributed by atoms with Gasteiger partial charge in [0.2, 0.25) is 5.91 Å². The molecule has 20 heavy (non-hydrogen) atoms. The van der Waals surface area contributed by atoms with Gasteiger partial charge >= 0.3 is 0 Å². The molecule has 0 aliphatic rings. The molecule has 0 saturated heterocycles. The predicted octanol–water partition coefficient (Wildman–Crippen LogP) is 4.42. The maximum Gasteiger partial charge on any atom is 0.242 e. The average molecular weight is 308 g/mol. The Bertz CT molecular complexity index is 613. The van der Waals surface area contributed by atoms with Crippen LogP contribution in [0.1, 0.15) is 11.1 Å². The van der Waals surface area contributed by atoms with Crippen LogP contribution in [0.3, 0.4) is 0 Å². The van der Waals surface area contributed by atoms with E-state index in [2.05, 4.69) is 0 Å². The van der Waals surface area contributed by atoms with Crippen LogP contribution in [0.5, 0.6) is 0 Å². The zero-order chi connectivity index (χ0) is 14.5. The highest BCUT2D eigenvalue weighted by Gasteiger charge is 2.16. The zero-order valence-corrected chi connectivity index (χ0v) is 12.7. The van der Waals surface area contributed by atoms with Gasteiger partial charge in [-0.3, -0.25) is 4.79 Å². The summed E-state index contributed by atoms with van der Waals surface area (Å²) in [7, 11) is 0. The van der Waals surface area contributed by atoms with Gasteiger partial charge in [-0.1, -0.05) is 41.9 Å². The minimum absolute atomic E-state index is 0.0571. The summed E-state index contributed by atoms with van der Waals surface area (Å²) < 4.78 is 0. The first-order valence-corrected chi connectivity index (χ1v) is 7.19. The second kappa shape index (κ2) is 6.78. The van der Waals surface area contributed by atoms with Gasteiger partial charge < -0.3 is 4.90 Å². The Labute approximate surface area is 128 Å². The molecule has 0 unspecified atom stereocenters. The molecule has 0 aliphatic carbocycles. The molecule has 0 saturated carbocycles. The highest BCUT2D eigenvalue weighted by Crippen LogP contribution is 2.23. The normalized spacial score (nSPS) is 10.3. The van der Waals surface area contributed by atoms with Gasteiger partial charge in [0.25, 0.3) is 0 Å². The summed E-state index contributed by atoms with van der Waals surface area (Å²) in [5.41, 5.74) is 2.99. The van der Waals surface area contributed by atoms with Crippen LogP contribution in [0, 0.1) is 6.92 Å². The molecule has 0 bridgehead atoms. The van der Waals surface area contributed by atoms with E-state index in [9.17, 15) is 4.79 Å². The molecular formula is C16H15Cl2NO. The van der Waals surface area contributed by atoms with E-state index in [0.717, 1.165) is 16.8 Å². The molecule has 0 spiro atoms. The van der Waals surface area contributed by atoms with Crippen molar-refractivity contribution in [2.45, 2.75) is 13.5 Å². The van der Waals surface area contributed by atoms with Gasteiger partial charge in [-0.05, 0) is 36.2 Å². The monoisotopic (exact) mass is 307 g/mol. The molecule has 2 nitrogen and oxygen atoms in total. The Kier molecular flexibility index (Phi) is 5.05. The molecule has 0 aliphatic heterocycles. The number of anilines is 1. The van der Waals surface area contributed by atoms with Crippen molar-refractivity contribution in [3.8, 4) is 0 Å². The summed E-state index contributed by atoms with van der Waals surface area (Å²) >= 11 is 11.7. The van der Waals surface area contributed by atoms with Crippen molar-refractivity contribution in [1.82, 2.24) is 0 Å². The third kappa shape index (κ3) is 3.53. The highest BCUT2D eigenvalue weighted by atomic mass is 35.5. The van der Waals surface area contributed by atoms with Gasteiger partial charge in [-0.25, -0.2) is 0 Å². The second-order valence-electron chi connectivity index (χ2n) is 4.52. The van der Waals surface area contributed by atoms with Crippen LogP contribution in [0.15, 0.2) is 48.5 Å². The van der Waals surface area contributed by atoms with Crippen molar-refractivity contribution in [2.24, 2.45) is 0 Å². The van der Waals surface area contributed by atoms with Crippen molar-refractivity contribution >= 4 is 34.8 Å². The predicted molar refractivity (Wildman–Crippen MR) is 84.5 cm³/mol. The average Bonchev–Trinajstić information content (AvgIpc) is 2.45. The number of benzene rings is 2. The number of carbonyl (C=O) groups is 1. The topological polar surface area (TPSA) is 20.3 Å². The zero-order valence-electron chi connectivity index (χ0n) is 11.1. The number of amides is 1. The summed E-state index contributed by atoms with van der Waals surface area (Å²) in [5, 5.41) is 0.597. The number of hydrogen-bond donors (Lipinski definition) is 0. The summed E-state index contributed by atoms with van der Waals surface area (Å²) in [6.07, 6.45) is 0. The molecule has 4 heteroatoms. The third-order valence-corrected chi connectivity index (χ3v) is 3.59. The fourth-order valence-corrected chi connectivity index (χ4v) is 2.33. The molecule has 2 aromatic carbocycles. The first kappa shape index (κ1) is 14.9. The van der Waals surface area contributed by atoms with Crippen molar-refractivity contribution in [3.05, 3.63) is 64.7 Å². The van der Waals surface area contributed by atoms with Gasteiger partial charge in [-0.15, -0.1) is 11.6 Å². The lowest BCUT2D eigenvalue weighted by atomic mass is 10.1. The summed E-state index contributed by atoms with van der Waals surface area (Å²) in [6, 6.07) is 15.2. The van der Waals surface area contributed by atoms with Crippen LogP contribution in [0.25, 0.3) is 0 Å². The SMILES string of the molecule is Cc1ccccc1CN(C(=O)CCl)c1cccc(Cl)c1. The lowest BCUT2D eigenvalue weighted by Crippen LogP contribution is -2.31. The maximum atomic E-state index is 12.1. The van der Waals surface area contributed by atoms with Gasteiger partial charge in [-0.2, -0.15) is 0 Å². The summed E-state index contributed by atoms with van der Waals surface area (Å²) in [5.74, 6) is -0.199. The molecular weight excluding hydrogens is 293 g/mol. The first-order chi connectivity index (χ1) is 9.61. The highest BCUT2D eigenvalue weighted by molar-refractivity contribution is 6.31. The van der Waals surface area contributed by atoms with Crippen molar-refractivity contribution in [2.75, 3.05) is 10.8 Å². The van der Waals surface area contributed by atoms with Crippen molar-refractivity contribution < 1.29 is 4.79 Å². The van der Waals surface area contributed by atoms with E-state index in [-0.39, 0.29) is 11.8 Å². The van der Waals surface area contributed by atoms with Gasteiger partial charge in [0.1, 0.15) is 5.88 Å². The Morgan fingerprint density at radius 3 is 2.55 bits per heavy atom. The van der Waals surface area contributed by atoms with E-state index >= 15 is 0 Å². The standard InChI is InChI=1S/C16H15Cl2NO/c1-12-5-2-3-6-13(12)11-19(16(20)10-17)15-8-4-7-14(18)9-15/h2-9H,10-11H2,1H3. The maximum absolute atomic E-state index is 12.1. The van der Waals surface area contributed by atoms with Gasteiger partial charge in [0.15, 0.2) is 0 Å². The smallest absolute Gasteiger partial charge is 0.242 e. The summed E-state index contributed by atoms with van der Waals surface area (Å²) in [6.45, 7) is 2.51. The molecule has 0 N–H and O–H groups in total. The molecule has 2 aromatic rings. The Morgan fingerprint density at radius 2 is 1.90 bits per heavy atom. The number of alkyl halides is 1. The second-order valence-corrected chi connectivity index (χ2v) is 5.22. The Morgan fingerprint density at radius 1 is 1.15 bits per heavy atom. The lowest BCUT2D eigenvalue weighted by Gasteiger charge is -2.23. The minimum atomic E-state index is -0.141. The third-order valence-electron chi connectivity index (χ3n) is 3.12. The lowest BCUT2D eigenvalue weighted by molar-refractivity contribution is -0.116. The van der Waals surface area contributed by atoms with Crippen LogP contribution >= 0.6 is 23.2 Å². The van der Waals surface area contributed by atoms with Crippen LogP contribution in [0.2, 0.25) is 5.02 Å². The van der Waals surface area contributed by atoms with E-state index in [4.69, 9.17) is 23.2 Å². The van der Waals surface area contributed by atoms with E-state index in [1.165, 1.54) is 0 Å². The molecule has 0 fully saturated rings. The Balaban J connectivity index is 2.34. The fraction of sp³-hybridized carbons (Fsp3) is 0.188. The number of carbonyl (C=O) groups excluding carboxylic acids is 1. The molecule has 1 amide bonds. The summed E-state index contributed by atoms with van der Waals surface area (Å²) in [4.78, 5) is 13.7. The molecule has 0 heterocycles. The van der Waals surface area contributed by atoms with Crippen LogP contribution in [-0.4, -0.2) is 11.8 Å². The Hall–Kier alpha value is -1.51. The quantitative estimate of drug-likeness (QED) is 0.766. The van der Waals surface area contributed by atoms with E-state index < -0.39 is 0 Å². The molecule has 0 atom stereocenters. The number of nitrogens with zero attached hydrogens (tertiary/aromatic N) is 1. The number of rotatable bonds is 4. The van der Waals surface area contributed by atoms with Gasteiger partial charge in [0, 0.05) is 10.7 Å². The number of hydrogen-bond acceptors (Lipinski definition) is 1. The van der Waals surface area contributed by atoms with Gasteiger partial charge in [0.05, 0.1) is 6.54 Å².